The van der Waals surface area contributed by atoms with Crippen molar-refractivity contribution in [3.63, 3.8) is 0 Å². The molecule has 27 heavy (non-hydrogen) atoms. The van der Waals surface area contributed by atoms with E-state index in [2.05, 4.69) is 30.8 Å². The van der Waals surface area contributed by atoms with Crippen molar-refractivity contribution in [1.82, 2.24) is 25.9 Å². The molecule has 1 aromatic rings. The van der Waals surface area contributed by atoms with Crippen LogP contribution in [-0.4, -0.2) is 53.8 Å². The van der Waals surface area contributed by atoms with Gasteiger partial charge in [0.1, 0.15) is 11.6 Å². The molecule has 3 fully saturated rings. The van der Waals surface area contributed by atoms with E-state index in [-0.39, 0.29) is 12.1 Å². The molecule has 3 aliphatic heterocycles. The van der Waals surface area contributed by atoms with Crippen molar-refractivity contribution in [2.75, 3.05) is 24.5 Å². The maximum absolute atomic E-state index is 12.3. The smallest absolute Gasteiger partial charge is 0.315 e. The van der Waals surface area contributed by atoms with Crippen LogP contribution in [0, 0.1) is 19.8 Å². The highest BCUT2D eigenvalue weighted by molar-refractivity contribution is 5.74. The number of anilines is 1. The van der Waals surface area contributed by atoms with E-state index in [0.717, 1.165) is 49.8 Å². The number of fused-ring (bicyclic) bond motifs is 2. The molecule has 3 saturated heterocycles. The summed E-state index contributed by atoms with van der Waals surface area (Å²) in [5.74, 6) is 2.44. The Morgan fingerprint density at radius 3 is 2.52 bits per heavy atom. The van der Waals surface area contributed by atoms with Crippen molar-refractivity contribution in [2.24, 2.45) is 5.92 Å². The Morgan fingerprint density at radius 2 is 1.85 bits per heavy atom. The third-order valence-corrected chi connectivity index (χ3v) is 6.23. The van der Waals surface area contributed by atoms with Crippen molar-refractivity contribution in [2.45, 2.75) is 70.5 Å². The first-order chi connectivity index (χ1) is 13.0. The molecule has 0 saturated carbocycles. The van der Waals surface area contributed by atoms with Gasteiger partial charge in [-0.15, -0.1) is 0 Å². The second-order valence-corrected chi connectivity index (χ2v) is 8.51. The highest BCUT2D eigenvalue weighted by atomic mass is 16.2. The number of amides is 2. The molecular weight excluding hydrogens is 340 g/mol. The van der Waals surface area contributed by atoms with Gasteiger partial charge >= 0.3 is 6.03 Å². The van der Waals surface area contributed by atoms with E-state index >= 15 is 0 Å². The number of nitrogens with one attached hydrogen (secondary N) is 3. The van der Waals surface area contributed by atoms with Crippen LogP contribution in [0.4, 0.5) is 10.6 Å². The molecule has 3 N–H and O–H groups in total. The second kappa shape index (κ2) is 8.00. The molecule has 4 rings (SSSR count). The van der Waals surface area contributed by atoms with Crippen LogP contribution in [-0.2, 0) is 0 Å². The molecule has 3 atom stereocenters. The lowest BCUT2D eigenvalue weighted by atomic mass is 9.92. The van der Waals surface area contributed by atoms with Crippen molar-refractivity contribution in [3.8, 4) is 0 Å². The predicted molar refractivity (Wildman–Crippen MR) is 106 cm³/mol. The zero-order valence-corrected chi connectivity index (χ0v) is 16.5. The quantitative estimate of drug-likeness (QED) is 0.752. The minimum absolute atomic E-state index is 0.00643. The monoisotopic (exact) mass is 372 g/mol. The maximum atomic E-state index is 12.3. The minimum atomic E-state index is -0.00643. The molecule has 1 aromatic heterocycles. The van der Waals surface area contributed by atoms with Crippen LogP contribution in [0.2, 0.25) is 0 Å². The topological polar surface area (TPSA) is 82.2 Å². The van der Waals surface area contributed by atoms with Crippen LogP contribution < -0.4 is 20.9 Å². The molecule has 0 aliphatic carbocycles. The van der Waals surface area contributed by atoms with Crippen molar-refractivity contribution in [1.29, 1.82) is 0 Å². The number of aryl methyl sites for hydroxylation is 2. The van der Waals surface area contributed by atoms with Gasteiger partial charge < -0.3 is 20.9 Å². The summed E-state index contributed by atoms with van der Waals surface area (Å²) in [5, 5.41) is 9.94. The van der Waals surface area contributed by atoms with Crippen molar-refractivity contribution < 1.29 is 4.79 Å². The number of hydrogen-bond acceptors (Lipinski definition) is 5. The van der Waals surface area contributed by atoms with E-state index in [9.17, 15) is 4.79 Å². The van der Waals surface area contributed by atoms with E-state index in [1.54, 1.807) is 0 Å². The summed E-state index contributed by atoms with van der Waals surface area (Å²) >= 11 is 0. The third-order valence-electron chi connectivity index (χ3n) is 6.23. The molecule has 148 valence electrons. The number of carbonyl (C=O) groups is 1. The molecule has 2 bridgehead atoms. The zero-order chi connectivity index (χ0) is 18.8. The SMILES string of the molecule is Cc1cc(N2CCC(NC(=O)NCC3C[C@H]4CC[C@@H](C3)N4)CC2)nc(C)n1. The third kappa shape index (κ3) is 4.69. The lowest BCUT2D eigenvalue weighted by Crippen LogP contribution is -2.49. The largest absolute Gasteiger partial charge is 0.356 e. The summed E-state index contributed by atoms with van der Waals surface area (Å²) in [6.07, 6.45) is 6.91. The van der Waals surface area contributed by atoms with E-state index < -0.39 is 0 Å². The average molecular weight is 373 g/mol. The van der Waals surface area contributed by atoms with Gasteiger partial charge in [0.05, 0.1) is 0 Å². The number of rotatable bonds is 4. The molecule has 1 unspecified atom stereocenters. The first-order valence-electron chi connectivity index (χ1n) is 10.4. The van der Waals surface area contributed by atoms with Gasteiger partial charge in [0, 0.05) is 49.5 Å². The summed E-state index contributed by atoms with van der Waals surface area (Å²) in [6.45, 7) is 6.57. The lowest BCUT2D eigenvalue weighted by Gasteiger charge is -2.33. The van der Waals surface area contributed by atoms with E-state index in [0.29, 0.717) is 18.0 Å². The number of urea groups is 1. The highest BCUT2D eigenvalue weighted by Gasteiger charge is 2.33. The summed E-state index contributed by atoms with van der Waals surface area (Å²) in [4.78, 5) is 23.5. The molecular formula is C20H32N6O. The molecule has 0 spiro atoms. The molecule has 7 nitrogen and oxygen atoms in total. The zero-order valence-electron chi connectivity index (χ0n) is 16.5. The van der Waals surface area contributed by atoms with Gasteiger partial charge in [-0.1, -0.05) is 0 Å². The fourth-order valence-electron chi connectivity index (χ4n) is 4.93. The molecule has 7 heteroatoms. The van der Waals surface area contributed by atoms with Crippen LogP contribution in [0.15, 0.2) is 6.07 Å². The number of aromatic nitrogens is 2. The van der Waals surface area contributed by atoms with Crippen molar-refractivity contribution >= 4 is 11.8 Å². The van der Waals surface area contributed by atoms with E-state index in [1.165, 1.54) is 25.7 Å². The van der Waals surface area contributed by atoms with Gasteiger partial charge in [-0.3, -0.25) is 0 Å². The van der Waals surface area contributed by atoms with Gasteiger partial charge in [-0.25, -0.2) is 14.8 Å². The Balaban J connectivity index is 1.19. The Kier molecular flexibility index (Phi) is 5.48. The Hall–Kier alpha value is -1.89. The second-order valence-electron chi connectivity index (χ2n) is 8.51. The summed E-state index contributed by atoms with van der Waals surface area (Å²) < 4.78 is 0. The standard InChI is InChI=1S/C20H32N6O/c1-13-9-19(23-14(2)22-13)26-7-5-16(6-8-26)25-20(27)21-12-15-10-17-3-4-18(11-15)24-17/h9,15-18,24H,3-8,10-12H2,1-2H3,(H2,21,25,27)/t15?,17-,18+. The molecule has 0 aromatic carbocycles. The van der Waals surface area contributed by atoms with Crippen LogP contribution in [0.5, 0.6) is 0 Å². The number of piperidine rings is 2. The normalized spacial score (nSPS) is 28.2. The lowest BCUT2D eigenvalue weighted by molar-refractivity contribution is 0.227. The van der Waals surface area contributed by atoms with Gasteiger partial charge in [-0.05, 0) is 58.3 Å². The molecule has 2 amide bonds. The first-order valence-corrected chi connectivity index (χ1v) is 10.4. The summed E-state index contributed by atoms with van der Waals surface area (Å²) in [5.41, 5.74) is 1.00. The predicted octanol–water partition coefficient (Wildman–Crippen LogP) is 1.89. The van der Waals surface area contributed by atoms with Gasteiger partial charge in [-0.2, -0.15) is 0 Å². The highest BCUT2D eigenvalue weighted by Crippen LogP contribution is 2.30. The van der Waals surface area contributed by atoms with Gasteiger partial charge in [0.2, 0.25) is 0 Å². The molecule has 4 heterocycles. The van der Waals surface area contributed by atoms with Crippen LogP contribution in [0.1, 0.15) is 50.0 Å². The van der Waals surface area contributed by atoms with Gasteiger partial charge in [0.25, 0.3) is 0 Å². The minimum Gasteiger partial charge on any atom is -0.356 e. The first kappa shape index (κ1) is 18.5. The number of hydrogen-bond donors (Lipinski definition) is 3. The van der Waals surface area contributed by atoms with E-state index in [1.807, 2.05) is 19.9 Å². The van der Waals surface area contributed by atoms with Crippen LogP contribution >= 0.6 is 0 Å². The maximum Gasteiger partial charge on any atom is 0.315 e. The average Bonchev–Trinajstić information content (AvgIpc) is 2.98. The number of nitrogens with zero attached hydrogens (tertiary/aromatic N) is 3. The fourth-order valence-corrected chi connectivity index (χ4v) is 4.93. The van der Waals surface area contributed by atoms with Crippen molar-refractivity contribution in [3.05, 3.63) is 17.6 Å². The summed E-state index contributed by atoms with van der Waals surface area (Å²) in [7, 11) is 0. The Bertz CT molecular complexity index is 640. The van der Waals surface area contributed by atoms with Gasteiger partial charge in [0.15, 0.2) is 0 Å². The molecule has 3 aliphatic rings. The van der Waals surface area contributed by atoms with Crippen LogP contribution in [0.3, 0.4) is 0 Å². The Labute approximate surface area is 161 Å². The number of carbonyl (C=O) groups excluding carboxylic acids is 1. The molecule has 0 radical (unpaired) electrons. The fraction of sp³-hybridized carbons (Fsp3) is 0.750. The Morgan fingerprint density at radius 1 is 1.15 bits per heavy atom. The van der Waals surface area contributed by atoms with E-state index in [4.69, 9.17) is 0 Å². The summed E-state index contributed by atoms with van der Waals surface area (Å²) in [6, 6.07) is 3.64. The van der Waals surface area contributed by atoms with Crippen LogP contribution in [0.25, 0.3) is 0 Å².